The summed E-state index contributed by atoms with van der Waals surface area (Å²) >= 11 is 5.88. The van der Waals surface area contributed by atoms with Gasteiger partial charge in [-0.05, 0) is 32.0 Å². The Morgan fingerprint density at radius 2 is 2.06 bits per heavy atom. The lowest BCUT2D eigenvalue weighted by atomic mass is 10.1. The molecule has 0 aliphatic carbocycles. The van der Waals surface area contributed by atoms with E-state index in [2.05, 4.69) is 0 Å². The molecule has 1 amide bonds. The van der Waals surface area contributed by atoms with Gasteiger partial charge in [0.2, 0.25) is 0 Å². The molecule has 0 aromatic heterocycles. The Bertz CT molecular complexity index is 530. The average molecular weight is 250 g/mol. The first-order chi connectivity index (χ1) is 8.00. The molecule has 3 nitrogen and oxygen atoms in total. The lowest BCUT2D eigenvalue weighted by molar-refractivity contribution is -0.114. The molecule has 1 aromatic carbocycles. The third-order valence-corrected chi connectivity index (χ3v) is 2.85. The van der Waals surface area contributed by atoms with E-state index in [4.69, 9.17) is 11.6 Å². The van der Waals surface area contributed by atoms with E-state index in [1.54, 1.807) is 18.2 Å². The molecule has 4 heteroatoms. The molecule has 0 saturated heterocycles. The number of carbonyl (C=O) groups is 2. The number of fused-ring (bicyclic) bond motifs is 1. The first-order valence-electron chi connectivity index (χ1n) is 5.30. The van der Waals surface area contributed by atoms with Crippen molar-refractivity contribution in [1.82, 2.24) is 0 Å². The maximum absolute atomic E-state index is 11.8. The number of carbonyl (C=O) groups excluding carboxylic acids is 2. The van der Waals surface area contributed by atoms with Crippen molar-refractivity contribution in [3.63, 3.8) is 0 Å². The standard InChI is InChI=1S/C13H12ClNO2/c1-8(2)5-6-15-11-7-9(14)3-4-10(11)12(16)13(15)17/h3-5,7H,6H2,1-2H3. The first kappa shape index (κ1) is 11.9. The summed E-state index contributed by atoms with van der Waals surface area (Å²) in [5.74, 6) is -0.946. The maximum atomic E-state index is 11.8. The zero-order chi connectivity index (χ0) is 12.6. The minimum Gasteiger partial charge on any atom is -0.301 e. The lowest BCUT2D eigenvalue weighted by Gasteiger charge is -2.14. The number of rotatable bonds is 2. The highest BCUT2D eigenvalue weighted by Crippen LogP contribution is 2.31. The van der Waals surface area contributed by atoms with Gasteiger partial charge >= 0.3 is 0 Å². The van der Waals surface area contributed by atoms with E-state index >= 15 is 0 Å². The van der Waals surface area contributed by atoms with E-state index in [-0.39, 0.29) is 0 Å². The number of halogens is 1. The van der Waals surface area contributed by atoms with Gasteiger partial charge in [0.15, 0.2) is 0 Å². The molecular weight excluding hydrogens is 238 g/mol. The predicted molar refractivity (Wildman–Crippen MR) is 67.6 cm³/mol. The van der Waals surface area contributed by atoms with Crippen LogP contribution in [0.2, 0.25) is 5.02 Å². The van der Waals surface area contributed by atoms with Gasteiger partial charge in [-0.25, -0.2) is 0 Å². The lowest BCUT2D eigenvalue weighted by Crippen LogP contribution is -2.29. The smallest absolute Gasteiger partial charge is 0.299 e. The van der Waals surface area contributed by atoms with Crippen molar-refractivity contribution >= 4 is 29.0 Å². The van der Waals surface area contributed by atoms with Gasteiger partial charge in [0.05, 0.1) is 11.3 Å². The van der Waals surface area contributed by atoms with Crippen LogP contribution in [0.4, 0.5) is 5.69 Å². The van der Waals surface area contributed by atoms with E-state index < -0.39 is 11.7 Å². The zero-order valence-electron chi connectivity index (χ0n) is 9.66. The molecule has 1 aliphatic heterocycles. The molecule has 0 radical (unpaired) electrons. The Labute approximate surface area is 105 Å². The van der Waals surface area contributed by atoms with E-state index in [0.29, 0.717) is 22.8 Å². The van der Waals surface area contributed by atoms with Crippen molar-refractivity contribution in [1.29, 1.82) is 0 Å². The van der Waals surface area contributed by atoms with Gasteiger partial charge in [-0.1, -0.05) is 23.3 Å². The molecule has 0 bridgehead atoms. The minimum absolute atomic E-state index is 0.403. The Morgan fingerprint density at radius 1 is 1.35 bits per heavy atom. The largest absolute Gasteiger partial charge is 0.301 e. The van der Waals surface area contributed by atoms with E-state index in [0.717, 1.165) is 5.57 Å². The zero-order valence-corrected chi connectivity index (χ0v) is 10.4. The molecule has 0 unspecified atom stereocenters. The summed E-state index contributed by atoms with van der Waals surface area (Å²) in [6.45, 7) is 4.29. The van der Waals surface area contributed by atoms with Crippen molar-refractivity contribution < 1.29 is 9.59 Å². The van der Waals surface area contributed by atoms with Gasteiger partial charge < -0.3 is 4.90 Å². The SMILES string of the molecule is CC(C)=CCN1C(=O)C(=O)c2ccc(Cl)cc21. The van der Waals surface area contributed by atoms with Crippen LogP contribution in [0.25, 0.3) is 0 Å². The summed E-state index contributed by atoms with van der Waals surface area (Å²) in [4.78, 5) is 25.0. The van der Waals surface area contributed by atoms with Crippen LogP contribution < -0.4 is 4.90 Å². The number of nitrogens with zero attached hydrogens (tertiary/aromatic N) is 1. The highest BCUT2D eigenvalue weighted by molar-refractivity contribution is 6.52. The second-order valence-electron chi connectivity index (χ2n) is 4.19. The number of ketones is 1. The molecule has 88 valence electrons. The van der Waals surface area contributed by atoms with E-state index in [1.165, 1.54) is 4.90 Å². The van der Waals surface area contributed by atoms with Crippen molar-refractivity contribution in [2.75, 3.05) is 11.4 Å². The van der Waals surface area contributed by atoms with Crippen LogP contribution in [0.3, 0.4) is 0 Å². The van der Waals surface area contributed by atoms with Crippen molar-refractivity contribution in [2.45, 2.75) is 13.8 Å². The van der Waals surface area contributed by atoms with Crippen LogP contribution in [-0.2, 0) is 4.79 Å². The van der Waals surface area contributed by atoms with Gasteiger partial charge in [-0.3, -0.25) is 9.59 Å². The summed E-state index contributed by atoms with van der Waals surface area (Å²) in [7, 11) is 0. The highest BCUT2D eigenvalue weighted by Gasteiger charge is 2.35. The molecule has 0 atom stereocenters. The van der Waals surface area contributed by atoms with Crippen LogP contribution in [0.1, 0.15) is 24.2 Å². The minimum atomic E-state index is -0.486. The Balaban J connectivity index is 2.43. The van der Waals surface area contributed by atoms with Crippen LogP contribution >= 0.6 is 11.6 Å². The summed E-state index contributed by atoms with van der Waals surface area (Å²) < 4.78 is 0. The molecule has 0 spiro atoms. The second kappa shape index (κ2) is 4.34. The molecular formula is C13H12ClNO2. The molecule has 2 rings (SSSR count). The van der Waals surface area contributed by atoms with E-state index in [1.807, 2.05) is 19.9 Å². The summed E-state index contributed by atoms with van der Waals surface area (Å²) in [5.41, 5.74) is 2.13. The average Bonchev–Trinajstić information content (AvgIpc) is 2.49. The van der Waals surface area contributed by atoms with Crippen LogP contribution in [-0.4, -0.2) is 18.2 Å². The van der Waals surface area contributed by atoms with Gasteiger partial charge in [0.25, 0.3) is 11.7 Å². The molecule has 0 fully saturated rings. The predicted octanol–water partition coefficient (Wildman–Crippen LogP) is 2.84. The van der Waals surface area contributed by atoms with Gasteiger partial charge in [0, 0.05) is 11.6 Å². The fourth-order valence-corrected chi connectivity index (χ4v) is 1.89. The number of Topliss-reactive ketones (excluding diaryl/α,β-unsaturated/α-hetero) is 1. The number of amides is 1. The Morgan fingerprint density at radius 3 is 2.71 bits per heavy atom. The van der Waals surface area contributed by atoms with Crippen molar-refractivity contribution in [3.8, 4) is 0 Å². The van der Waals surface area contributed by atoms with Crippen molar-refractivity contribution in [2.24, 2.45) is 0 Å². The van der Waals surface area contributed by atoms with Gasteiger partial charge in [-0.15, -0.1) is 0 Å². The van der Waals surface area contributed by atoms with E-state index in [9.17, 15) is 9.59 Å². The Kier molecular flexibility index (Phi) is 3.03. The second-order valence-corrected chi connectivity index (χ2v) is 4.62. The fraction of sp³-hybridized carbons (Fsp3) is 0.231. The van der Waals surface area contributed by atoms with Crippen LogP contribution in [0.15, 0.2) is 29.8 Å². The quantitative estimate of drug-likeness (QED) is 0.597. The topological polar surface area (TPSA) is 37.4 Å². The van der Waals surface area contributed by atoms with Crippen molar-refractivity contribution in [3.05, 3.63) is 40.4 Å². The number of anilines is 1. The number of hydrogen-bond donors (Lipinski definition) is 0. The number of hydrogen-bond acceptors (Lipinski definition) is 2. The molecule has 1 heterocycles. The first-order valence-corrected chi connectivity index (χ1v) is 5.67. The number of allylic oxidation sites excluding steroid dienone is 1. The van der Waals surface area contributed by atoms with Crippen LogP contribution in [0.5, 0.6) is 0 Å². The van der Waals surface area contributed by atoms with Crippen LogP contribution in [0, 0.1) is 0 Å². The summed E-state index contributed by atoms with van der Waals surface area (Å²) in [6.07, 6.45) is 1.90. The number of benzene rings is 1. The third kappa shape index (κ3) is 2.11. The van der Waals surface area contributed by atoms with Gasteiger partial charge in [0.1, 0.15) is 0 Å². The molecule has 1 aromatic rings. The molecule has 17 heavy (non-hydrogen) atoms. The monoisotopic (exact) mass is 249 g/mol. The normalized spacial score (nSPS) is 13.9. The Hall–Kier alpha value is -1.61. The van der Waals surface area contributed by atoms with Gasteiger partial charge in [-0.2, -0.15) is 0 Å². The highest BCUT2D eigenvalue weighted by atomic mass is 35.5. The maximum Gasteiger partial charge on any atom is 0.299 e. The molecule has 0 N–H and O–H groups in total. The third-order valence-electron chi connectivity index (χ3n) is 2.62. The fourth-order valence-electron chi connectivity index (χ4n) is 1.72. The summed E-state index contributed by atoms with van der Waals surface area (Å²) in [6, 6.07) is 4.87. The summed E-state index contributed by atoms with van der Waals surface area (Å²) in [5, 5.41) is 0.522. The molecule has 0 saturated carbocycles. The molecule has 1 aliphatic rings.